The number of nitrogens with one attached hydrogen (secondary N) is 2. The molecule has 1 saturated heterocycles. The molecule has 1 aliphatic heterocycles. The molecule has 1 atom stereocenters. The Morgan fingerprint density at radius 1 is 1.42 bits per heavy atom. The van der Waals surface area contributed by atoms with E-state index in [9.17, 15) is 14.4 Å². The molecular weight excluding hydrogens is 252 g/mol. The minimum absolute atomic E-state index is 0.0256. The van der Waals surface area contributed by atoms with Gasteiger partial charge in [0.15, 0.2) is 0 Å². The highest BCUT2D eigenvalue weighted by atomic mass is 16.4. The highest BCUT2D eigenvalue weighted by Gasteiger charge is 2.27. The lowest BCUT2D eigenvalue weighted by Crippen LogP contribution is -2.58. The van der Waals surface area contributed by atoms with Gasteiger partial charge in [0, 0.05) is 32.6 Å². The van der Waals surface area contributed by atoms with Gasteiger partial charge in [0.25, 0.3) is 0 Å². The normalized spacial score (nSPS) is 19.9. The summed E-state index contributed by atoms with van der Waals surface area (Å²) >= 11 is 0. The van der Waals surface area contributed by atoms with Gasteiger partial charge < -0.3 is 21.5 Å². The van der Waals surface area contributed by atoms with E-state index in [1.54, 1.807) is 4.90 Å². The third-order valence-corrected chi connectivity index (χ3v) is 2.92. The number of rotatable bonds is 7. The number of amides is 2. The van der Waals surface area contributed by atoms with Gasteiger partial charge in [0.1, 0.15) is 6.04 Å². The predicted octanol–water partition coefficient (Wildman–Crippen LogP) is -2.27. The molecular formula is C11H20N4O4. The van der Waals surface area contributed by atoms with Crippen molar-refractivity contribution in [2.75, 3.05) is 32.7 Å². The summed E-state index contributed by atoms with van der Waals surface area (Å²) in [4.78, 5) is 34.9. The van der Waals surface area contributed by atoms with E-state index >= 15 is 0 Å². The number of carbonyl (C=O) groups is 3. The quantitative estimate of drug-likeness (QED) is 0.387. The van der Waals surface area contributed by atoms with Gasteiger partial charge in [-0.2, -0.15) is 0 Å². The Balaban J connectivity index is 2.29. The monoisotopic (exact) mass is 272 g/mol. The van der Waals surface area contributed by atoms with Crippen LogP contribution in [0.2, 0.25) is 0 Å². The van der Waals surface area contributed by atoms with E-state index in [4.69, 9.17) is 10.8 Å². The summed E-state index contributed by atoms with van der Waals surface area (Å²) < 4.78 is 0. The summed E-state index contributed by atoms with van der Waals surface area (Å²) in [5.41, 5.74) is 5.27. The fraction of sp³-hybridized carbons (Fsp3) is 0.727. The Labute approximate surface area is 111 Å². The van der Waals surface area contributed by atoms with Crippen LogP contribution < -0.4 is 16.4 Å². The molecule has 1 unspecified atom stereocenters. The standard InChI is InChI=1S/C11H20N4O4/c12-11(19)8-6-13-4-5-15(8)7-9(16)14-3-1-2-10(17)18/h8,13H,1-7H2,(H2,12,19)(H,14,16)(H,17,18). The molecule has 0 spiro atoms. The maximum absolute atomic E-state index is 11.7. The zero-order chi connectivity index (χ0) is 14.3. The van der Waals surface area contributed by atoms with E-state index in [-0.39, 0.29) is 18.9 Å². The Hall–Kier alpha value is -1.67. The van der Waals surface area contributed by atoms with E-state index in [2.05, 4.69) is 10.6 Å². The highest BCUT2D eigenvalue weighted by Crippen LogP contribution is 2.02. The highest BCUT2D eigenvalue weighted by molar-refractivity contribution is 5.82. The minimum Gasteiger partial charge on any atom is -0.481 e. The first-order valence-electron chi connectivity index (χ1n) is 6.23. The summed E-state index contributed by atoms with van der Waals surface area (Å²) in [5, 5.41) is 14.1. The molecule has 8 nitrogen and oxygen atoms in total. The van der Waals surface area contributed by atoms with Crippen LogP contribution in [0.15, 0.2) is 0 Å². The first-order chi connectivity index (χ1) is 9.00. The van der Waals surface area contributed by atoms with Gasteiger partial charge in [0.2, 0.25) is 11.8 Å². The first kappa shape index (κ1) is 15.4. The van der Waals surface area contributed by atoms with Gasteiger partial charge >= 0.3 is 5.97 Å². The summed E-state index contributed by atoms with van der Waals surface area (Å²) in [5.74, 6) is -1.56. The molecule has 108 valence electrons. The lowest BCUT2D eigenvalue weighted by molar-refractivity contribution is -0.137. The summed E-state index contributed by atoms with van der Waals surface area (Å²) in [6, 6.07) is -0.474. The second-order valence-corrected chi connectivity index (χ2v) is 4.44. The van der Waals surface area contributed by atoms with Crippen molar-refractivity contribution < 1.29 is 19.5 Å². The van der Waals surface area contributed by atoms with Gasteiger partial charge in [-0.1, -0.05) is 0 Å². The molecule has 1 aliphatic rings. The summed E-state index contributed by atoms with van der Waals surface area (Å²) in [6.07, 6.45) is 0.416. The smallest absolute Gasteiger partial charge is 0.303 e. The van der Waals surface area contributed by atoms with Gasteiger partial charge in [-0.15, -0.1) is 0 Å². The zero-order valence-corrected chi connectivity index (χ0v) is 10.7. The van der Waals surface area contributed by atoms with Crippen LogP contribution in [0.4, 0.5) is 0 Å². The third kappa shape index (κ3) is 5.66. The molecule has 0 saturated carbocycles. The fourth-order valence-corrected chi connectivity index (χ4v) is 1.92. The molecule has 0 bridgehead atoms. The van der Waals surface area contributed by atoms with Crippen molar-refractivity contribution in [2.24, 2.45) is 5.73 Å². The first-order valence-corrected chi connectivity index (χ1v) is 6.23. The van der Waals surface area contributed by atoms with Crippen LogP contribution in [-0.4, -0.2) is 66.6 Å². The van der Waals surface area contributed by atoms with E-state index in [0.29, 0.717) is 32.6 Å². The topological polar surface area (TPSA) is 125 Å². The van der Waals surface area contributed by atoms with Crippen LogP contribution in [-0.2, 0) is 14.4 Å². The van der Waals surface area contributed by atoms with Gasteiger partial charge in [-0.3, -0.25) is 19.3 Å². The lowest BCUT2D eigenvalue weighted by atomic mass is 10.2. The number of primary amides is 1. The molecule has 8 heteroatoms. The van der Waals surface area contributed by atoms with Crippen LogP contribution >= 0.6 is 0 Å². The molecule has 19 heavy (non-hydrogen) atoms. The molecule has 0 aliphatic carbocycles. The average molecular weight is 272 g/mol. The van der Waals surface area contributed by atoms with Crippen molar-refractivity contribution in [2.45, 2.75) is 18.9 Å². The number of carboxylic acid groups (broad SMARTS) is 1. The average Bonchev–Trinajstić information content (AvgIpc) is 2.35. The van der Waals surface area contributed by atoms with Crippen molar-refractivity contribution in [3.63, 3.8) is 0 Å². The molecule has 0 radical (unpaired) electrons. The van der Waals surface area contributed by atoms with E-state index in [1.807, 2.05) is 0 Å². The third-order valence-electron chi connectivity index (χ3n) is 2.92. The summed E-state index contributed by atoms with van der Waals surface area (Å²) in [6.45, 7) is 2.15. The van der Waals surface area contributed by atoms with Crippen LogP contribution in [0.3, 0.4) is 0 Å². The van der Waals surface area contributed by atoms with Crippen LogP contribution in [0.25, 0.3) is 0 Å². The molecule has 1 rings (SSSR count). The van der Waals surface area contributed by atoms with Crippen LogP contribution in [0.1, 0.15) is 12.8 Å². The molecule has 0 aromatic rings. The van der Waals surface area contributed by atoms with E-state index in [0.717, 1.165) is 0 Å². The number of aliphatic carboxylic acids is 1. The summed E-state index contributed by atoms with van der Waals surface area (Å²) in [7, 11) is 0. The van der Waals surface area contributed by atoms with Gasteiger partial charge in [-0.25, -0.2) is 0 Å². The van der Waals surface area contributed by atoms with Crippen molar-refractivity contribution in [1.29, 1.82) is 0 Å². The Bertz CT molecular complexity index is 348. The van der Waals surface area contributed by atoms with E-state index < -0.39 is 17.9 Å². The molecule has 0 aromatic carbocycles. The minimum atomic E-state index is -0.884. The second-order valence-electron chi connectivity index (χ2n) is 4.44. The number of piperazine rings is 1. The van der Waals surface area contributed by atoms with Crippen molar-refractivity contribution >= 4 is 17.8 Å². The SMILES string of the molecule is NC(=O)C1CNCCN1CC(=O)NCCCC(=O)O. The van der Waals surface area contributed by atoms with Crippen molar-refractivity contribution in [3.8, 4) is 0 Å². The number of nitrogens with two attached hydrogens (primary N) is 1. The molecule has 1 fully saturated rings. The van der Waals surface area contributed by atoms with Crippen LogP contribution in [0.5, 0.6) is 0 Å². The zero-order valence-electron chi connectivity index (χ0n) is 10.7. The molecule has 5 N–H and O–H groups in total. The van der Waals surface area contributed by atoms with Crippen molar-refractivity contribution in [1.82, 2.24) is 15.5 Å². The van der Waals surface area contributed by atoms with Gasteiger partial charge in [0.05, 0.1) is 6.54 Å². The number of hydrogen-bond acceptors (Lipinski definition) is 5. The Kier molecular flexibility index (Phi) is 6.23. The van der Waals surface area contributed by atoms with Gasteiger partial charge in [-0.05, 0) is 6.42 Å². The maximum atomic E-state index is 11.7. The largest absolute Gasteiger partial charge is 0.481 e. The molecule has 0 aromatic heterocycles. The lowest BCUT2D eigenvalue weighted by Gasteiger charge is -2.33. The Morgan fingerprint density at radius 2 is 2.16 bits per heavy atom. The number of nitrogens with zero attached hydrogens (tertiary/aromatic N) is 1. The number of carbonyl (C=O) groups excluding carboxylic acids is 2. The number of hydrogen-bond donors (Lipinski definition) is 4. The Morgan fingerprint density at radius 3 is 2.79 bits per heavy atom. The molecule has 1 heterocycles. The van der Waals surface area contributed by atoms with E-state index in [1.165, 1.54) is 0 Å². The molecule has 2 amide bonds. The van der Waals surface area contributed by atoms with Crippen LogP contribution in [0, 0.1) is 0 Å². The predicted molar refractivity (Wildman–Crippen MR) is 67.3 cm³/mol. The van der Waals surface area contributed by atoms with Crippen molar-refractivity contribution in [3.05, 3.63) is 0 Å². The second kappa shape index (κ2) is 7.70. The number of carboxylic acids is 1. The fourth-order valence-electron chi connectivity index (χ4n) is 1.92. The maximum Gasteiger partial charge on any atom is 0.303 e.